The lowest BCUT2D eigenvalue weighted by atomic mass is 10.2. The topological polar surface area (TPSA) is 95.5 Å². The predicted octanol–water partition coefficient (Wildman–Crippen LogP) is 0.428. The van der Waals surface area contributed by atoms with Crippen LogP contribution >= 0.6 is 11.8 Å². The summed E-state index contributed by atoms with van der Waals surface area (Å²) < 4.78 is 0. The molecule has 0 spiro atoms. The first-order valence-corrected chi connectivity index (χ1v) is 6.55. The third-order valence-electron chi connectivity index (χ3n) is 2.19. The summed E-state index contributed by atoms with van der Waals surface area (Å²) in [4.78, 5) is 32.9. The molecule has 96 valence electrons. The minimum absolute atomic E-state index is 0.0930. The molecular formula is C10H16N2O4S. The standard InChI is InChI=1S/C10H16N2O4S/c1-6(9(14)15)4-17-5-8(13)12-10(16)11-7-2-3-7/h6-7H,2-5H2,1H3,(H,14,15)(H2,11,12,13,16). The minimum atomic E-state index is -0.885. The summed E-state index contributed by atoms with van der Waals surface area (Å²) in [7, 11) is 0. The number of carbonyl (C=O) groups is 3. The van der Waals surface area contributed by atoms with Crippen LogP contribution in [0.2, 0.25) is 0 Å². The molecule has 0 aromatic heterocycles. The van der Waals surface area contributed by atoms with Crippen LogP contribution in [0.15, 0.2) is 0 Å². The second-order valence-electron chi connectivity index (χ2n) is 4.05. The van der Waals surface area contributed by atoms with Crippen LogP contribution in [0.5, 0.6) is 0 Å². The van der Waals surface area contributed by atoms with Crippen molar-refractivity contribution in [2.45, 2.75) is 25.8 Å². The largest absolute Gasteiger partial charge is 0.481 e. The number of carboxylic acids is 1. The molecule has 0 radical (unpaired) electrons. The van der Waals surface area contributed by atoms with Crippen LogP contribution < -0.4 is 10.6 Å². The van der Waals surface area contributed by atoms with Gasteiger partial charge in [0.15, 0.2) is 0 Å². The summed E-state index contributed by atoms with van der Waals surface area (Å²) in [6.07, 6.45) is 1.93. The van der Waals surface area contributed by atoms with Crippen LogP contribution in [-0.4, -0.2) is 40.6 Å². The number of hydrogen-bond acceptors (Lipinski definition) is 4. The fourth-order valence-electron chi connectivity index (χ4n) is 1.01. The van der Waals surface area contributed by atoms with Crippen LogP contribution in [0, 0.1) is 5.92 Å². The smallest absolute Gasteiger partial charge is 0.321 e. The first kappa shape index (κ1) is 13.8. The summed E-state index contributed by atoms with van der Waals surface area (Å²) >= 11 is 1.20. The van der Waals surface area contributed by atoms with E-state index >= 15 is 0 Å². The highest BCUT2D eigenvalue weighted by atomic mass is 32.2. The molecule has 0 bridgehead atoms. The Morgan fingerprint density at radius 1 is 1.41 bits per heavy atom. The van der Waals surface area contributed by atoms with Crippen LogP contribution in [0.4, 0.5) is 4.79 Å². The van der Waals surface area contributed by atoms with E-state index in [0.717, 1.165) is 12.8 Å². The van der Waals surface area contributed by atoms with Crippen molar-refractivity contribution in [3.05, 3.63) is 0 Å². The summed E-state index contributed by atoms with van der Waals surface area (Å²) in [5.74, 6) is -1.33. The lowest BCUT2D eigenvalue weighted by molar-refractivity contribution is -0.140. The van der Waals surface area contributed by atoms with E-state index in [1.54, 1.807) is 6.92 Å². The molecule has 3 N–H and O–H groups in total. The molecule has 0 heterocycles. The molecule has 1 aliphatic rings. The molecule has 7 heteroatoms. The molecule has 0 aromatic rings. The Labute approximate surface area is 104 Å². The van der Waals surface area contributed by atoms with E-state index in [2.05, 4.69) is 10.6 Å². The number of imide groups is 1. The molecule has 17 heavy (non-hydrogen) atoms. The fraction of sp³-hybridized carbons (Fsp3) is 0.700. The van der Waals surface area contributed by atoms with Crippen molar-refractivity contribution in [3.63, 3.8) is 0 Å². The quantitative estimate of drug-likeness (QED) is 0.643. The molecule has 0 aromatic carbocycles. The van der Waals surface area contributed by atoms with Crippen molar-refractivity contribution in [2.75, 3.05) is 11.5 Å². The number of thioether (sulfide) groups is 1. The van der Waals surface area contributed by atoms with Gasteiger partial charge in [0.1, 0.15) is 0 Å². The second kappa shape index (κ2) is 6.48. The number of nitrogens with one attached hydrogen (secondary N) is 2. The monoisotopic (exact) mass is 260 g/mol. The molecule has 0 saturated heterocycles. The van der Waals surface area contributed by atoms with Crippen LogP contribution in [0.25, 0.3) is 0 Å². The third-order valence-corrected chi connectivity index (χ3v) is 3.39. The summed E-state index contributed by atoms with van der Waals surface area (Å²) in [5, 5.41) is 13.4. The van der Waals surface area contributed by atoms with Gasteiger partial charge in [0.2, 0.25) is 5.91 Å². The molecule has 0 aliphatic heterocycles. The van der Waals surface area contributed by atoms with Crippen molar-refractivity contribution in [2.24, 2.45) is 5.92 Å². The van der Waals surface area contributed by atoms with Crippen molar-refractivity contribution < 1.29 is 19.5 Å². The van der Waals surface area contributed by atoms with Crippen LogP contribution in [-0.2, 0) is 9.59 Å². The number of carboxylic acid groups (broad SMARTS) is 1. The summed E-state index contributed by atoms with van der Waals surface area (Å²) in [6, 6.07) is -0.258. The molecule has 1 saturated carbocycles. The molecule has 1 fully saturated rings. The average Bonchev–Trinajstić information content (AvgIpc) is 3.00. The Bertz CT molecular complexity index is 317. The SMILES string of the molecule is CC(CSCC(=O)NC(=O)NC1CC1)C(=O)O. The number of hydrogen-bond donors (Lipinski definition) is 3. The zero-order chi connectivity index (χ0) is 12.8. The zero-order valence-electron chi connectivity index (χ0n) is 9.56. The Morgan fingerprint density at radius 2 is 2.06 bits per heavy atom. The van der Waals surface area contributed by atoms with Gasteiger partial charge in [-0.25, -0.2) is 4.79 Å². The molecule has 1 aliphatic carbocycles. The highest BCUT2D eigenvalue weighted by Crippen LogP contribution is 2.18. The number of amides is 3. The van der Waals surface area contributed by atoms with Crippen LogP contribution in [0.3, 0.4) is 0 Å². The molecular weight excluding hydrogens is 244 g/mol. The van der Waals surface area contributed by atoms with Gasteiger partial charge in [-0.05, 0) is 12.8 Å². The van der Waals surface area contributed by atoms with Gasteiger partial charge in [0.05, 0.1) is 11.7 Å². The Kier molecular flexibility index (Phi) is 5.27. The third kappa shape index (κ3) is 6.15. The maximum atomic E-state index is 11.3. The molecule has 1 unspecified atom stereocenters. The van der Waals surface area contributed by atoms with Gasteiger partial charge in [-0.1, -0.05) is 6.92 Å². The van der Waals surface area contributed by atoms with E-state index in [-0.39, 0.29) is 11.8 Å². The van der Waals surface area contributed by atoms with E-state index in [4.69, 9.17) is 5.11 Å². The first-order chi connectivity index (χ1) is 7.99. The van der Waals surface area contributed by atoms with E-state index in [1.807, 2.05) is 0 Å². The maximum Gasteiger partial charge on any atom is 0.321 e. The average molecular weight is 260 g/mol. The highest BCUT2D eigenvalue weighted by Gasteiger charge is 2.23. The van der Waals surface area contributed by atoms with Crippen LogP contribution in [0.1, 0.15) is 19.8 Å². The first-order valence-electron chi connectivity index (χ1n) is 5.40. The van der Waals surface area contributed by atoms with Crippen molar-refractivity contribution in [1.82, 2.24) is 10.6 Å². The van der Waals surface area contributed by atoms with Crippen molar-refractivity contribution >= 4 is 29.7 Å². The van der Waals surface area contributed by atoms with Crippen molar-refractivity contribution in [1.29, 1.82) is 0 Å². The van der Waals surface area contributed by atoms with Gasteiger partial charge >= 0.3 is 12.0 Å². The van der Waals surface area contributed by atoms with Crippen molar-refractivity contribution in [3.8, 4) is 0 Å². The van der Waals surface area contributed by atoms with E-state index in [0.29, 0.717) is 5.75 Å². The lowest BCUT2D eigenvalue weighted by Crippen LogP contribution is -2.41. The zero-order valence-corrected chi connectivity index (χ0v) is 10.4. The number of carbonyl (C=O) groups excluding carboxylic acids is 2. The van der Waals surface area contributed by atoms with Gasteiger partial charge in [0.25, 0.3) is 0 Å². The molecule has 3 amide bonds. The van der Waals surface area contributed by atoms with Gasteiger partial charge in [-0.3, -0.25) is 14.9 Å². The molecule has 1 rings (SSSR count). The van der Waals surface area contributed by atoms with Gasteiger partial charge in [-0.2, -0.15) is 11.8 Å². The number of rotatable bonds is 6. The molecule has 6 nitrogen and oxygen atoms in total. The maximum absolute atomic E-state index is 11.3. The van der Waals surface area contributed by atoms with Gasteiger partial charge < -0.3 is 10.4 Å². The fourth-order valence-corrected chi connectivity index (χ4v) is 1.88. The number of urea groups is 1. The minimum Gasteiger partial charge on any atom is -0.481 e. The summed E-state index contributed by atoms with van der Waals surface area (Å²) in [5.41, 5.74) is 0. The summed E-state index contributed by atoms with van der Waals surface area (Å²) in [6.45, 7) is 1.58. The van der Waals surface area contributed by atoms with Gasteiger partial charge in [0, 0.05) is 11.8 Å². The molecule has 1 atom stereocenters. The lowest BCUT2D eigenvalue weighted by Gasteiger charge is -2.06. The van der Waals surface area contributed by atoms with E-state index < -0.39 is 23.8 Å². The number of aliphatic carboxylic acids is 1. The second-order valence-corrected chi connectivity index (χ2v) is 5.08. The highest BCUT2D eigenvalue weighted by molar-refractivity contribution is 7.99. The Morgan fingerprint density at radius 3 is 2.59 bits per heavy atom. The predicted molar refractivity (Wildman–Crippen MR) is 63.8 cm³/mol. The Hall–Kier alpha value is -1.24. The van der Waals surface area contributed by atoms with E-state index in [1.165, 1.54) is 11.8 Å². The van der Waals surface area contributed by atoms with E-state index in [9.17, 15) is 14.4 Å². The van der Waals surface area contributed by atoms with Gasteiger partial charge in [-0.15, -0.1) is 0 Å². The Balaban J connectivity index is 2.07. The normalized spacial score (nSPS) is 16.1.